The number of anilines is 1. The molecule has 10 heteroatoms. The predicted octanol–water partition coefficient (Wildman–Crippen LogP) is 2.24. The molecule has 0 aromatic carbocycles. The van der Waals surface area contributed by atoms with Gasteiger partial charge in [0.15, 0.2) is 17.2 Å². The highest BCUT2D eigenvalue weighted by molar-refractivity contribution is 5.49. The van der Waals surface area contributed by atoms with E-state index in [1.165, 1.54) is 11.1 Å². The number of ether oxygens (including phenoxy) is 1. The second-order valence-electron chi connectivity index (χ2n) is 7.12. The van der Waals surface area contributed by atoms with Gasteiger partial charge in [-0.05, 0) is 18.9 Å². The van der Waals surface area contributed by atoms with Crippen LogP contribution >= 0.6 is 0 Å². The minimum atomic E-state index is -0.729. The first-order chi connectivity index (χ1) is 14.7. The van der Waals surface area contributed by atoms with Gasteiger partial charge < -0.3 is 14.5 Å². The lowest BCUT2D eigenvalue weighted by Crippen LogP contribution is -2.37. The molecule has 1 saturated heterocycles. The number of aromatic nitrogens is 4. The first-order valence-corrected chi connectivity index (χ1v) is 9.78. The summed E-state index contributed by atoms with van der Waals surface area (Å²) in [6.45, 7) is 2.48. The van der Waals surface area contributed by atoms with Crippen LogP contribution in [0.25, 0.3) is 5.65 Å². The molecule has 1 amide bonds. The van der Waals surface area contributed by atoms with E-state index in [1.54, 1.807) is 16.9 Å². The number of carbonyl (C=O) groups is 1. The summed E-state index contributed by atoms with van der Waals surface area (Å²) in [6, 6.07) is 3.73. The van der Waals surface area contributed by atoms with Gasteiger partial charge in [0.25, 0.3) is 0 Å². The van der Waals surface area contributed by atoms with E-state index < -0.39 is 12.0 Å². The van der Waals surface area contributed by atoms with Crippen LogP contribution in [0.5, 0.6) is 5.75 Å². The predicted molar refractivity (Wildman–Crippen MR) is 105 cm³/mol. The van der Waals surface area contributed by atoms with Crippen molar-refractivity contribution in [3.8, 4) is 5.75 Å². The van der Waals surface area contributed by atoms with E-state index in [0.29, 0.717) is 38.2 Å². The van der Waals surface area contributed by atoms with Gasteiger partial charge in [0, 0.05) is 30.6 Å². The van der Waals surface area contributed by atoms with Gasteiger partial charge >= 0.3 is 0 Å². The van der Waals surface area contributed by atoms with Crippen LogP contribution in [0, 0.1) is 5.82 Å². The van der Waals surface area contributed by atoms with Crippen molar-refractivity contribution in [2.45, 2.75) is 25.6 Å². The summed E-state index contributed by atoms with van der Waals surface area (Å²) in [7, 11) is 0. The summed E-state index contributed by atoms with van der Waals surface area (Å²) < 4.78 is 33.5. The summed E-state index contributed by atoms with van der Waals surface area (Å²) in [5.41, 5.74) is 1.41. The highest BCUT2D eigenvalue weighted by Gasteiger charge is 2.21. The average molecular weight is 416 g/mol. The van der Waals surface area contributed by atoms with Gasteiger partial charge in [-0.15, -0.1) is 0 Å². The van der Waals surface area contributed by atoms with Gasteiger partial charge in [0.1, 0.15) is 18.6 Å². The highest BCUT2D eigenvalue weighted by Crippen LogP contribution is 2.24. The Labute approximate surface area is 172 Å². The Kier molecular flexibility index (Phi) is 6.01. The molecular weight excluding hydrogens is 394 g/mol. The zero-order chi connectivity index (χ0) is 20.9. The molecular formula is C20H22F2N6O2. The molecule has 158 valence electrons. The number of alkyl halides is 1. The van der Waals surface area contributed by atoms with Crippen LogP contribution in [0.15, 0.2) is 36.9 Å². The molecule has 0 bridgehead atoms. The SMILES string of the molecule is FC1CCCN(c2ccnc3ccnn23)C1.O=CN1CCOc2c(F)cncc2C1. The zero-order valence-corrected chi connectivity index (χ0v) is 16.3. The molecule has 3 aromatic heterocycles. The topological polar surface area (TPSA) is 75.9 Å². The van der Waals surface area contributed by atoms with E-state index in [4.69, 9.17) is 4.74 Å². The number of fused-ring (bicyclic) bond motifs is 2. The van der Waals surface area contributed by atoms with Crippen LogP contribution in [0.2, 0.25) is 0 Å². The maximum atomic E-state index is 13.4. The van der Waals surface area contributed by atoms with Crippen LogP contribution in [-0.2, 0) is 11.3 Å². The molecule has 5 rings (SSSR count). The minimum Gasteiger partial charge on any atom is -0.488 e. The van der Waals surface area contributed by atoms with Crippen molar-refractivity contribution in [2.75, 3.05) is 31.1 Å². The fourth-order valence-electron chi connectivity index (χ4n) is 3.58. The molecule has 8 nitrogen and oxygen atoms in total. The molecule has 1 fully saturated rings. The number of amides is 1. The number of piperidine rings is 1. The van der Waals surface area contributed by atoms with Crippen molar-refractivity contribution in [3.05, 3.63) is 48.3 Å². The Morgan fingerprint density at radius 2 is 2.10 bits per heavy atom. The van der Waals surface area contributed by atoms with Crippen LogP contribution in [0.4, 0.5) is 14.6 Å². The molecule has 30 heavy (non-hydrogen) atoms. The Balaban J connectivity index is 0.000000147. The fourth-order valence-corrected chi connectivity index (χ4v) is 3.58. The van der Waals surface area contributed by atoms with Crippen molar-refractivity contribution >= 4 is 17.9 Å². The maximum absolute atomic E-state index is 13.4. The Bertz CT molecular complexity index is 1010. The molecule has 5 heterocycles. The molecule has 0 spiro atoms. The standard InChI is InChI=1S/C11H13FN4.C9H9FN2O2/c12-9-2-1-7-15(8-9)11-4-5-13-10-3-6-14-16(10)11;10-8-4-11-3-7-5-12(6-13)1-2-14-9(7)8/h3-6,9H,1-2,7-8H2;3-4,6H,1-2,5H2. The molecule has 1 unspecified atom stereocenters. The van der Waals surface area contributed by atoms with Crippen molar-refractivity contribution in [1.82, 2.24) is 24.5 Å². The van der Waals surface area contributed by atoms with Gasteiger partial charge in [-0.2, -0.15) is 9.61 Å². The molecule has 1 atom stereocenters. The van der Waals surface area contributed by atoms with Crippen LogP contribution in [0.3, 0.4) is 0 Å². The lowest BCUT2D eigenvalue weighted by molar-refractivity contribution is -0.118. The van der Waals surface area contributed by atoms with Crippen molar-refractivity contribution in [2.24, 2.45) is 0 Å². The normalized spacial score (nSPS) is 18.7. The third kappa shape index (κ3) is 4.32. The number of pyridine rings is 1. The lowest BCUT2D eigenvalue weighted by atomic mass is 10.1. The minimum absolute atomic E-state index is 0.212. The molecule has 2 aliphatic rings. The molecule has 0 saturated carbocycles. The second kappa shape index (κ2) is 9.02. The number of carbonyl (C=O) groups excluding carboxylic acids is 1. The van der Waals surface area contributed by atoms with Gasteiger partial charge in [-0.25, -0.2) is 13.8 Å². The fraction of sp³-hybridized carbons (Fsp3) is 0.400. The second-order valence-corrected chi connectivity index (χ2v) is 7.12. The zero-order valence-electron chi connectivity index (χ0n) is 16.3. The van der Waals surface area contributed by atoms with Gasteiger partial charge in [-0.1, -0.05) is 0 Å². The van der Waals surface area contributed by atoms with E-state index in [2.05, 4.69) is 15.1 Å². The molecule has 0 N–H and O–H groups in total. The maximum Gasteiger partial charge on any atom is 0.210 e. The molecule has 3 aromatic rings. The summed E-state index contributed by atoms with van der Waals surface area (Å²) in [4.78, 5) is 22.0. The summed E-state index contributed by atoms with van der Waals surface area (Å²) in [5, 5.41) is 4.21. The van der Waals surface area contributed by atoms with E-state index in [9.17, 15) is 13.6 Å². The Morgan fingerprint density at radius 1 is 1.20 bits per heavy atom. The molecule has 0 radical (unpaired) electrons. The van der Waals surface area contributed by atoms with E-state index in [-0.39, 0.29) is 5.75 Å². The van der Waals surface area contributed by atoms with Crippen molar-refractivity contribution < 1.29 is 18.3 Å². The Morgan fingerprint density at radius 3 is 2.93 bits per heavy atom. The monoisotopic (exact) mass is 416 g/mol. The molecule has 2 aliphatic heterocycles. The molecule has 0 aliphatic carbocycles. The number of halogens is 2. The summed E-state index contributed by atoms with van der Waals surface area (Å²) in [5.74, 6) is 0.664. The number of hydrogen-bond donors (Lipinski definition) is 0. The van der Waals surface area contributed by atoms with Gasteiger partial charge in [0.05, 0.1) is 32.0 Å². The van der Waals surface area contributed by atoms with E-state index in [0.717, 1.165) is 37.0 Å². The first-order valence-electron chi connectivity index (χ1n) is 9.78. The third-order valence-corrected chi connectivity index (χ3v) is 5.03. The van der Waals surface area contributed by atoms with Crippen LogP contribution < -0.4 is 9.64 Å². The van der Waals surface area contributed by atoms with Crippen molar-refractivity contribution in [3.63, 3.8) is 0 Å². The highest BCUT2D eigenvalue weighted by atomic mass is 19.1. The smallest absolute Gasteiger partial charge is 0.210 e. The van der Waals surface area contributed by atoms with Crippen molar-refractivity contribution in [1.29, 1.82) is 0 Å². The third-order valence-electron chi connectivity index (χ3n) is 5.03. The van der Waals surface area contributed by atoms with E-state index in [1.807, 2.05) is 17.0 Å². The quantitative estimate of drug-likeness (QED) is 0.597. The van der Waals surface area contributed by atoms with Gasteiger partial charge in [0.2, 0.25) is 6.41 Å². The van der Waals surface area contributed by atoms with Crippen LogP contribution in [0.1, 0.15) is 18.4 Å². The number of rotatable bonds is 2. The first kappa shape index (κ1) is 20.0. The van der Waals surface area contributed by atoms with Gasteiger partial charge in [-0.3, -0.25) is 9.78 Å². The summed E-state index contributed by atoms with van der Waals surface area (Å²) >= 11 is 0. The lowest BCUT2D eigenvalue weighted by Gasteiger charge is -2.30. The van der Waals surface area contributed by atoms with E-state index >= 15 is 0 Å². The number of nitrogens with zero attached hydrogens (tertiary/aromatic N) is 6. The average Bonchev–Trinajstić information content (AvgIpc) is 3.13. The van der Waals surface area contributed by atoms with Crippen LogP contribution in [-0.4, -0.2) is 63.3 Å². The summed E-state index contributed by atoms with van der Waals surface area (Å²) in [6.07, 6.45) is 7.64. The Hall–Kier alpha value is -3.30. The number of hydrogen-bond acceptors (Lipinski definition) is 6. The largest absolute Gasteiger partial charge is 0.488 e.